The molecule has 1 aromatic rings. The zero-order chi connectivity index (χ0) is 13.0. The lowest BCUT2D eigenvalue weighted by atomic mass is 10.0. The number of benzene rings is 1. The maximum absolute atomic E-state index is 10.8. The number of carbonyl (C=O) groups excluding carboxylic acids is 1. The molecule has 0 bridgehead atoms. The number of methoxy groups -OCH3 is 2. The molecule has 0 spiro atoms. The summed E-state index contributed by atoms with van der Waals surface area (Å²) in [7, 11) is 3.22. The van der Waals surface area contributed by atoms with Crippen LogP contribution in [-0.2, 0) is 16.1 Å². The standard InChI is InChI=1S/C13H18O4/c1-8-9(2)13(16-5)11(6-12(8)15-4)7-17-10(3)14/h6H,7H2,1-5H3. The van der Waals surface area contributed by atoms with E-state index in [0.29, 0.717) is 0 Å². The second kappa shape index (κ2) is 5.57. The average Bonchev–Trinajstić information content (AvgIpc) is 2.30. The number of hydrogen-bond acceptors (Lipinski definition) is 4. The average molecular weight is 238 g/mol. The number of hydrogen-bond donors (Lipinski definition) is 0. The van der Waals surface area contributed by atoms with E-state index in [-0.39, 0.29) is 12.6 Å². The molecular weight excluding hydrogens is 220 g/mol. The van der Waals surface area contributed by atoms with Crippen LogP contribution in [0.25, 0.3) is 0 Å². The van der Waals surface area contributed by atoms with Gasteiger partial charge in [-0.1, -0.05) is 0 Å². The predicted molar refractivity (Wildman–Crippen MR) is 64.5 cm³/mol. The second-order valence-corrected chi connectivity index (χ2v) is 3.80. The highest BCUT2D eigenvalue weighted by Gasteiger charge is 2.14. The van der Waals surface area contributed by atoms with Gasteiger partial charge in [0.15, 0.2) is 0 Å². The molecule has 0 aliphatic heterocycles. The van der Waals surface area contributed by atoms with E-state index in [0.717, 1.165) is 28.2 Å². The van der Waals surface area contributed by atoms with Crippen molar-refractivity contribution in [1.82, 2.24) is 0 Å². The van der Waals surface area contributed by atoms with Crippen LogP contribution < -0.4 is 9.47 Å². The van der Waals surface area contributed by atoms with Gasteiger partial charge >= 0.3 is 5.97 Å². The monoisotopic (exact) mass is 238 g/mol. The van der Waals surface area contributed by atoms with Gasteiger partial charge in [-0.15, -0.1) is 0 Å². The summed E-state index contributed by atoms with van der Waals surface area (Å²) in [6.45, 7) is 5.49. The molecule has 0 radical (unpaired) electrons. The first-order chi connectivity index (χ1) is 8.01. The van der Waals surface area contributed by atoms with Crippen LogP contribution in [0, 0.1) is 13.8 Å². The zero-order valence-corrected chi connectivity index (χ0v) is 10.9. The molecule has 0 atom stereocenters. The Bertz CT molecular complexity index is 424. The molecule has 4 heteroatoms. The maximum atomic E-state index is 10.8. The first-order valence-corrected chi connectivity index (χ1v) is 5.35. The molecule has 0 amide bonds. The summed E-state index contributed by atoms with van der Waals surface area (Å²) < 4.78 is 15.6. The van der Waals surface area contributed by atoms with Gasteiger partial charge < -0.3 is 14.2 Å². The minimum atomic E-state index is -0.316. The minimum absolute atomic E-state index is 0.190. The summed E-state index contributed by atoms with van der Waals surface area (Å²) in [5, 5.41) is 0. The maximum Gasteiger partial charge on any atom is 0.302 e. The van der Waals surface area contributed by atoms with Crippen LogP contribution >= 0.6 is 0 Å². The van der Waals surface area contributed by atoms with Crippen LogP contribution in [0.4, 0.5) is 0 Å². The molecule has 0 saturated carbocycles. The molecule has 17 heavy (non-hydrogen) atoms. The Balaban J connectivity index is 3.17. The van der Waals surface area contributed by atoms with Gasteiger partial charge in [0, 0.05) is 12.5 Å². The Morgan fingerprint density at radius 1 is 1.18 bits per heavy atom. The molecule has 1 aromatic carbocycles. The third-order valence-electron chi connectivity index (χ3n) is 2.72. The Morgan fingerprint density at radius 2 is 1.82 bits per heavy atom. The molecule has 94 valence electrons. The topological polar surface area (TPSA) is 44.8 Å². The number of rotatable bonds is 4. The van der Waals surface area contributed by atoms with E-state index < -0.39 is 0 Å². The Hall–Kier alpha value is -1.71. The summed E-state index contributed by atoms with van der Waals surface area (Å²) in [5.41, 5.74) is 2.83. The summed E-state index contributed by atoms with van der Waals surface area (Å²) >= 11 is 0. The van der Waals surface area contributed by atoms with Crippen molar-refractivity contribution in [1.29, 1.82) is 0 Å². The molecule has 0 unspecified atom stereocenters. The number of esters is 1. The lowest BCUT2D eigenvalue weighted by Crippen LogP contribution is -2.04. The molecular formula is C13H18O4. The van der Waals surface area contributed by atoms with Gasteiger partial charge in [0.05, 0.1) is 14.2 Å². The largest absolute Gasteiger partial charge is 0.496 e. The molecule has 0 aromatic heterocycles. The smallest absolute Gasteiger partial charge is 0.302 e. The minimum Gasteiger partial charge on any atom is -0.496 e. The van der Waals surface area contributed by atoms with E-state index in [1.807, 2.05) is 19.9 Å². The van der Waals surface area contributed by atoms with Crippen LogP contribution in [0.15, 0.2) is 6.07 Å². The zero-order valence-electron chi connectivity index (χ0n) is 10.9. The molecule has 0 N–H and O–H groups in total. The van der Waals surface area contributed by atoms with E-state index in [1.165, 1.54) is 6.92 Å². The Labute approximate surface area is 101 Å². The van der Waals surface area contributed by atoms with Crippen molar-refractivity contribution in [2.24, 2.45) is 0 Å². The lowest BCUT2D eigenvalue weighted by Gasteiger charge is -2.16. The van der Waals surface area contributed by atoms with Crippen molar-refractivity contribution < 1.29 is 19.0 Å². The van der Waals surface area contributed by atoms with Crippen molar-refractivity contribution in [2.45, 2.75) is 27.4 Å². The van der Waals surface area contributed by atoms with Crippen LogP contribution in [0.2, 0.25) is 0 Å². The van der Waals surface area contributed by atoms with Crippen LogP contribution in [0.3, 0.4) is 0 Å². The van der Waals surface area contributed by atoms with Crippen molar-refractivity contribution in [2.75, 3.05) is 14.2 Å². The fourth-order valence-corrected chi connectivity index (χ4v) is 1.71. The third-order valence-corrected chi connectivity index (χ3v) is 2.72. The van der Waals surface area contributed by atoms with E-state index in [1.54, 1.807) is 14.2 Å². The van der Waals surface area contributed by atoms with E-state index >= 15 is 0 Å². The van der Waals surface area contributed by atoms with E-state index in [2.05, 4.69) is 0 Å². The molecule has 0 fully saturated rings. The molecule has 0 aliphatic rings. The highest BCUT2D eigenvalue weighted by atomic mass is 16.5. The molecule has 0 saturated heterocycles. The van der Waals surface area contributed by atoms with Gasteiger partial charge in [-0.05, 0) is 31.0 Å². The molecule has 0 aliphatic carbocycles. The summed E-state index contributed by atoms with van der Waals surface area (Å²) in [4.78, 5) is 10.8. The van der Waals surface area contributed by atoms with Gasteiger partial charge in [-0.3, -0.25) is 4.79 Å². The number of carbonyl (C=O) groups is 1. The van der Waals surface area contributed by atoms with Gasteiger partial charge in [0.2, 0.25) is 0 Å². The highest BCUT2D eigenvalue weighted by Crippen LogP contribution is 2.33. The summed E-state index contributed by atoms with van der Waals surface area (Å²) in [6.07, 6.45) is 0. The lowest BCUT2D eigenvalue weighted by molar-refractivity contribution is -0.142. The van der Waals surface area contributed by atoms with E-state index in [9.17, 15) is 4.79 Å². The number of ether oxygens (including phenoxy) is 3. The van der Waals surface area contributed by atoms with Crippen molar-refractivity contribution in [3.05, 3.63) is 22.8 Å². The first-order valence-electron chi connectivity index (χ1n) is 5.35. The normalized spacial score (nSPS) is 9.94. The summed E-state index contributed by atoms with van der Waals surface area (Å²) in [6, 6.07) is 1.84. The quantitative estimate of drug-likeness (QED) is 0.755. The van der Waals surface area contributed by atoms with E-state index in [4.69, 9.17) is 14.2 Å². The van der Waals surface area contributed by atoms with Crippen molar-refractivity contribution >= 4 is 5.97 Å². The third kappa shape index (κ3) is 2.90. The predicted octanol–water partition coefficient (Wildman–Crippen LogP) is 2.38. The van der Waals surface area contributed by atoms with Gasteiger partial charge in [-0.2, -0.15) is 0 Å². The summed E-state index contributed by atoms with van der Waals surface area (Å²) in [5.74, 6) is 1.19. The van der Waals surface area contributed by atoms with Gasteiger partial charge in [0.1, 0.15) is 18.1 Å². The van der Waals surface area contributed by atoms with Crippen molar-refractivity contribution in [3.63, 3.8) is 0 Å². The van der Waals surface area contributed by atoms with Gasteiger partial charge in [0.25, 0.3) is 0 Å². The Kier molecular flexibility index (Phi) is 4.37. The second-order valence-electron chi connectivity index (χ2n) is 3.80. The Morgan fingerprint density at radius 3 is 2.29 bits per heavy atom. The fourth-order valence-electron chi connectivity index (χ4n) is 1.71. The van der Waals surface area contributed by atoms with Crippen LogP contribution in [-0.4, -0.2) is 20.2 Å². The molecule has 1 rings (SSSR count). The van der Waals surface area contributed by atoms with Gasteiger partial charge in [-0.25, -0.2) is 0 Å². The molecule has 0 heterocycles. The fraction of sp³-hybridized carbons (Fsp3) is 0.462. The van der Waals surface area contributed by atoms with Crippen LogP contribution in [0.1, 0.15) is 23.6 Å². The van der Waals surface area contributed by atoms with Crippen LogP contribution in [0.5, 0.6) is 11.5 Å². The van der Waals surface area contributed by atoms with Crippen molar-refractivity contribution in [3.8, 4) is 11.5 Å². The molecule has 4 nitrogen and oxygen atoms in total. The SMILES string of the molecule is COc1cc(COC(C)=O)c(OC)c(C)c1C. The first kappa shape index (κ1) is 13.4. The highest BCUT2D eigenvalue weighted by molar-refractivity contribution is 5.66.